The highest BCUT2D eigenvalue weighted by atomic mass is 16.8. The molecule has 0 radical (unpaired) electrons. The Labute approximate surface area is 91.5 Å². The van der Waals surface area contributed by atoms with Crippen molar-refractivity contribution >= 4 is 5.97 Å². The normalized spacial score (nSPS) is 46.4. The summed E-state index contributed by atoms with van der Waals surface area (Å²) < 4.78 is 15.6. The van der Waals surface area contributed by atoms with Crippen LogP contribution in [-0.4, -0.2) is 57.8 Å². The van der Waals surface area contributed by atoms with E-state index in [1.807, 2.05) is 0 Å². The lowest BCUT2D eigenvalue weighted by atomic mass is 9.99. The standard InChI is InChI=1S/C9H14O7/c1-9(2)15-6-4(11)3(10)5(7(12)13)14-8(6)16-9/h3-6,8,10-11H,1-2H3,(H,12,13)/t3-,4-,5-,6+,8?/m1/s1. The molecule has 7 nitrogen and oxygen atoms in total. The van der Waals surface area contributed by atoms with E-state index in [2.05, 4.69) is 0 Å². The molecule has 0 aliphatic carbocycles. The summed E-state index contributed by atoms with van der Waals surface area (Å²) >= 11 is 0. The van der Waals surface area contributed by atoms with E-state index in [0.717, 1.165) is 0 Å². The lowest BCUT2D eigenvalue weighted by Crippen LogP contribution is -2.58. The van der Waals surface area contributed by atoms with Gasteiger partial charge in [-0.05, 0) is 13.8 Å². The molecule has 1 unspecified atom stereocenters. The summed E-state index contributed by atoms with van der Waals surface area (Å²) in [5.41, 5.74) is 0. The van der Waals surface area contributed by atoms with Gasteiger partial charge < -0.3 is 29.5 Å². The number of ether oxygens (including phenoxy) is 3. The van der Waals surface area contributed by atoms with Crippen molar-refractivity contribution in [2.24, 2.45) is 0 Å². The lowest BCUT2D eigenvalue weighted by Gasteiger charge is -2.35. The number of rotatable bonds is 1. The molecule has 5 atom stereocenters. The van der Waals surface area contributed by atoms with Gasteiger partial charge in [0.15, 0.2) is 18.2 Å². The molecule has 2 rings (SSSR count). The van der Waals surface area contributed by atoms with E-state index in [9.17, 15) is 15.0 Å². The molecular weight excluding hydrogens is 220 g/mol. The fourth-order valence-corrected chi connectivity index (χ4v) is 1.90. The third-order valence-electron chi connectivity index (χ3n) is 2.61. The van der Waals surface area contributed by atoms with Gasteiger partial charge in [-0.15, -0.1) is 0 Å². The molecule has 2 saturated heterocycles. The monoisotopic (exact) mass is 234 g/mol. The molecule has 2 aliphatic rings. The lowest BCUT2D eigenvalue weighted by molar-refractivity contribution is -0.251. The molecule has 2 heterocycles. The van der Waals surface area contributed by atoms with Gasteiger partial charge in [0.1, 0.15) is 18.3 Å². The van der Waals surface area contributed by atoms with Gasteiger partial charge in [0, 0.05) is 0 Å². The maximum atomic E-state index is 10.8. The second-order valence-corrected chi connectivity index (χ2v) is 4.34. The number of aliphatic hydroxyl groups excluding tert-OH is 2. The van der Waals surface area contributed by atoms with E-state index in [1.165, 1.54) is 0 Å². The van der Waals surface area contributed by atoms with Crippen molar-refractivity contribution in [3.63, 3.8) is 0 Å². The second kappa shape index (κ2) is 3.64. The first kappa shape index (κ1) is 11.7. The molecule has 2 fully saturated rings. The summed E-state index contributed by atoms with van der Waals surface area (Å²) in [6.07, 6.45) is -6.23. The first-order valence-electron chi connectivity index (χ1n) is 4.92. The molecular formula is C9H14O7. The fraction of sp³-hybridized carbons (Fsp3) is 0.889. The van der Waals surface area contributed by atoms with Crippen molar-refractivity contribution in [1.29, 1.82) is 0 Å². The van der Waals surface area contributed by atoms with Crippen molar-refractivity contribution in [3.8, 4) is 0 Å². The van der Waals surface area contributed by atoms with Crippen LogP contribution in [0.4, 0.5) is 0 Å². The topological polar surface area (TPSA) is 105 Å². The van der Waals surface area contributed by atoms with Crippen LogP contribution in [-0.2, 0) is 19.0 Å². The Morgan fingerprint density at radius 3 is 2.38 bits per heavy atom. The van der Waals surface area contributed by atoms with E-state index in [0.29, 0.717) is 0 Å². The highest BCUT2D eigenvalue weighted by Crippen LogP contribution is 2.36. The summed E-state index contributed by atoms with van der Waals surface area (Å²) in [6, 6.07) is 0. The van der Waals surface area contributed by atoms with Crippen LogP contribution in [0.3, 0.4) is 0 Å². The Kier molecular flexibility index (Phi) is 2.67. The average Bonchev–Trinajstić information content (AvgIpc) is 2.46. The van der Waals surface area contributed by atoms with Crippen molar-refractivity contribution in [2.45, 2.75) is 50.3 Å². The van der Waals surface area contributed by atoms with E-state index in [4.69, 9.17) is 19.3 Å². The number of aliphatic hydroxyl groups is 2. The summed E-state index contributed by atoms with van der Waals surface area (Å²) in [4.78, 5) is 10.8. The largest absolute Gasteiger partial charge is 0.479 e. The van der Waals surface area contributed by atoms with Gasteiger partial charge in [-0.3, -0.25) is 0 Å². The molecule has 7 heteroatoms. The average molecular weight is 234 g/mol. The fourth-order valence-electron chi connectivity index (χ4n) is 1.90. The maximum Gasteiger partial charge on any atom is 0.335 e. The zero-order valence-electron chi connectivity index (χ0n) is 8.86. The van der Waals surface area contributed by atoms with Crippen LogP contribution in [0.5, 0.6) is 0 Å². The Balaban J connectivity index is 2.18. The van der Waals surface area contributed by atoms with Crippen LogP contribution >= 0.6 is 0 Å². The predicted octanol–water partition coefficient (Wildman–Crippen LogP) is -1.33. The molecule has 0 saturated carbocycles. The molecule has 16 heavy (non-hydrogen) atoms. The van der Waals surface area contributed by atoms with Gasteiger partial charge in [0.05, 0.1) is 0 Å². The predicted molar refractivity (Wildman–Crippen MR) is 48.3 cm³/mol. The minimum Gasteiger partial charge on any atom is -0.479 e. The Bertz CT molecular complexity index is 302. The van der Waals surface area contributed by atoms with Crippen molar-refractivity contribution < 1.29 is 34.3 Å². The van der Waals surface area contributed by atoms with Crippen molar-refractivity contribution in [2.75, 3.05) is 0 Å². The van der Waals surface area contributed by atoms with Gasteiger partial charge in [-0.25, -0.2) is 4.79 Å². The summed E-state index contributed by atoms with van der Waals surface area (Å²) in [5, 5.41) is 28.0. The highest BCUT2D eigenvalue weighted by molar-refractivity contribution is 5.73. The molecule has 0 amide bonds. The molecule has 92 valence electrons. The van der Waals surface area contributed by atoms with Gasteiger partial charge >= 0.3 is 5.97 Å². The number of carboxylic acids is 1. The van der Waals surface area contributed by atoms with E-state index < -0.39 is 42.5 Å². The van der Waals surface area contributed by atoms with E-state index in [-0.39, 0.29) is 0 Å². The maximum absolute atomic E-state index is 10.8. The molecule has 3 N–H and O–H groups in total. The number of aliphatic carboxylic acids is 1. The SMILES string of the molecule is CC1(C)OC2O[C@@H](C(=O)O)[C@H](O)[C@@H](O)[C@@H]2O1. The van der Waals surface area contributed by atoms with Crippen molar-refractivity contribution in [3.05, 3.63) is 0 Å². The van der Waals surface area contributed by atoms with Crippen LogP contribution in [0.15, 0.2) is 0 Å². The first-order valence-corrected chi connectivity index (χ1v) is 4.92. The minimum atomic E-state index is -1.53. The summed E-state index contributed by atoms with van der Waals surface area (Å²) in [5.74, 6) is -2.32. The molecule has 2 aliphatic heterocycles. The highest BCUT2D eigenvalue weighted by Gasteiger charge is 2.55. The quantitative estimate of drug-likeness (QED) is 0.516. The Hall–Kier alpha value is -0.730. The van der Waals surface area contributed by atoms with Gasteiger partial charge in [0.2, 0.25) is 0 Å². The Morgan fingerprint density at radius 2 is 1.81 bits per heavy atom. The smallest absolute Gasteiger partial charge is 0.335 e. The molecule has 0 spiro atoms. The Morgan fingerprint density at radius 1 is 1.19 bits per heavy atom. The number of fused-ring (bicyclic) bond motifs is 1. The van der Waals surface area contributed by atoms with Gasteiger partial charge in [-0.1, -0.05) is 0 Å². The molecule has 0 aromatic rings. The van der Waals surface area contributed by atoms with E-state index in [1.54, 1.807) is 13.8 Å². The van der Waals surface area contributed by atoms with E-state index >= 15 is 0 Å². The number of carboxylic acid groups (broad SMARTS) is 1. The number of carbonyl (C=O) groups is 1. The van der Waals surface area contributed by atoms with Crippen LogP contribution < -0.4 is 0 Å². The van der Waals surface area contributed by atoms with Gasteiger partial charge in [-0.2, -0.15) is 0 Å². The molecule has 0 aromatic carbocycles. The van der Waals surface area contributed by atoms with Crippen LogP contribution in [0, 0.1) is 0 Å². The summed E-state index contributed by atoms with van der Waals surface area (Å²) in [7, 11) is 0. The minimum absolute atomic E-state index is 0.874. The third kappa shape index (κ3) is 1.80. The third-order valence-corrected chi connectivity index (χ3v) is 2.61. The molecule has 0 bridgehead atoms. The number of hydrogen-bond donors (Lipinski definition) is 3. The van der Waals surface area contributed by atoms with Crippen molar-refractivity contribution in [1.82, 2.24) is 0 Å². The molecule has 0 aromatic heterocycles. The van der Waals surface area contributed by atoms with Crippen LogP contribution in [0.2, 0.25) is 0 Å². The first-order chi connectivity index (χ1) is 7.32. The van der Waals surface area contributed by atoms with Crippen LogP contribution in [0.1, 0.15) is 13.8 Å². The summed E-state index contributed by atoms with van der Waals surface area (Å²) in [6.45, 7) is 3.23. The number of hydrogen-bond acceptors (Lipinski definition) is 6. The zero-order valence-corrected chi connectivity index (χ0v) is 8.86. The van der Waals surface area contributed by atoms with Crippen LogP contribution in [0.25, 0.3) is 0 Å². The second-order valence-electron chi connectivity index (χ2n) is 4.34. The van der Waals surface area contributed by atoms with Gasteiger partial charge in [0.25, 0.3) is 0 Å². The zero-order chi connectivity index (χ0) is 12.1.